The summed E-state index contributed by atoms with van der Waals surface area (Å²) >= 11 is 0. The first-order valence-electron chi connectivity index (χ1n) is 11.2. The number of amides is 1. The Bertz CT molecular complexity index is 1560. The summed E-state index contributed by atoms with van der Waals surface area (Å²) < 4.78 is 3.25. The molecule has 0 saturated heterocycles. The number of aryl methyl sites for hydroxylation is 1. The lowest BCUT2D eigenvalue weighted by Crippen LogP contribution is -2.23. The molecule has 0 aliphatic carbocycles. The molecule has 0 atom stereocenters. The van der Waals surface area contributed by atoms with Gasteiger partial charge < -0.3 is 16.8 Å². The van der Waals surface area contributed by atoms with E-state index in [0.717, 1.165) is 34.1 Å². The van der Waals surface area contributed by atoms with Crippen LogP contribution in [0.15, 0.2) is 77.9 Å². The number of primary amides is 1. The van der Waals surface area contributed by atoms with Crippen LogP contribution in [-0.2, 0) is 13.0 Å². The van der Waals surface area contributed by atoms with Crippen LogP contribution in [0, 0.1) is 0 Å². The van der Waals surface area contributed by atoms with Crippen LogP contribution >= 0.6 is 0 Å². The van der Waals surface area contributed by atoms with Gasteiger partial charge in [0.15, 0.2) is 11.5 Å². The highest BCUT2D eigenvalue weighted by Crippen LogP contribution is 2.20. The minimum atomic E-state index is -0.619. The van der Waals surface area contributed by atoms with E-state index in [-0.39, 0.29) is 16.9 Å². The second-order valence-corrected chi connectivity index (χ2v) is 7.89. The van der Waals surface area contributed by atoms with Gasteiger partial charge in [-0.15, -0.1) is 5.10 Å². The van der Waals surface area contributed by atoms with Crippen LogP contribution in [0.1, 0.15) is 28.5 Å². The molecular weight excluding hydrogens is 442 g/mol. The van der Waals surface area contributed by atoms with Crippen molar-refractivity contribution in [3.8, 4) is 5.69 Å². The van der Waals surface area contributed by atoms with Crippen LogP contribution in [0.3, 0.4) is 0 Å². The predicted octanol–water partition coefficient (Wildman–Crippen LogP) is 2.68. The topological polar surface area (TPSA) is 133 Å². The zero-order valence-corrected chi connectivity index (χ0v) is 19.6. The fourth-order valence-electron chi connectivity index (χ4n) is 4.09. The predicted molar refractivity (Wildman–Crippen MR) is 138 cm³/mol. The lowest BCUT2D eigenvalue weighted by atomic mass is 10.0. The quantitative estimate of drug-likeness (QED) is 0.362. The molecular formula is C26H27N7O2. The number of nitrogens with zero attached hydrogens (tertiary/aromatic N) is 4. The van der Waals surface area contributed by atoms with Crippen LogP contribution in [0.25, 0.3) is 22.1 Å². The van der Waals surface area contributed by atoms with Gasteiger partial charge in [0, 0.05) is 30.3 Å². The number of rotatable bonds is 5. The monoisotopic (exact) mass is 469 g/mol. The Balaban J connectivity index is 0.000000189. The van der Waals surface area contributed by atoms with Gasteiger partial charge in [0.05, 0.1) is 5.39 Å². The van der Waals surface area contributed by atoms with E-state index in [9.17, 15) is 9.59 Å². The van der Waals surface area contributed by atoms with E-state index < -0.39 is 5.91 Å². The first-order valence-corrected chi connectivity index (χ1v) is 11.2. The molecule has 3 heterocycles. The number of pyridine rings is 1. The summed E-state index contributed by atoms with van der Waals surface area (Å²) in [4.78, 5) is 28.0. The normalized spacial score (nSPS) is 10.8. The Morgan fingerprint density at radius 1 is 1.09 bits per heavy atom. The fraction of sp³-hybridized carbons (Fsp3) is 0.154. The highest BCUT2D eigenvalue weighted by molar-refractivity contribution is 6.03. The van der Waals surface area contributed by atoms with Crippen LogP contribution in [0.2, 0.25) is 0 Å². The van der Waals surface area contributed by atoms with E-state index in [0.29, 0.717) is 12.2 Å². The maximum absolute atomic E-state index is 13.1. The van der Waals surface area contributed by atoms with E-state index >= 15 is 0 Å². The molecule has 5 N–H and O–H groups in total. The second kappa shape index (κ2) is 10.2. The molecule has 178 valence electrons. The average Bonchev–Trinajstić information content (AvgIpc) is 3.21. The number of fused-ring (bicyclic) bond motifs is 2. The zero-order valence-electron chi connectivity index (χ0n) is 19.6. The molecule has 2 aromatic carbocycles. The van der Waals surface area contributed by atoms with E-state index in [1.807, 2.05) is 60.1 Å². The molecule has 0 aliphatic rings. The maximum atomic E-state index is 13.1. The SMILES string of the molecule is CCc1cc2cccc(CNC)c2c(=O)n1-c1ccccc1.NC(=O)c1c(N)nn2cccnc12. The molecule has 0 unspecified atom stereocenters. The summed E-state index contributed by atoms with van der Waals surface area (Å²) in [7, 11) is 1.90. The van der Waals surface area contributed by atoms with Crippen molar-refractivity contribution in [2.24, 2.45) is 5.73 Å². The molecule has 0 aliphatic heterocycles. The first kappa shape index (κ1) is 23.7. The number of hydrogen-bond donors (Lipinski definition) is 3. The largest absolute Gasteiger partial charge is 0.381 e. The summed E-state index contributed by atoms with van der Waals surface area (Å²) in [5.74, 6) is -0.516. The molecule has 0 spiro atoms. The van der Waals surface area contributed by atoms with Gasteiger partial charge in [0.25, 0.3) is 11.5 Å². The van der Waals surface area contributed by atoms with Gasteiger partial charge in [-0.05, 0) is 48.7 Å². The smallest absolute Gasteiger partial charge is 0.263 e. The van der Waals surface area contributed by atoms with E-state index in [1.54, 1.807) is 18.5 Å². The van der Waals surface area contributed by atoms with Gasteiger partial charge in [-0.1, -0.05) is 43.3 Å². The Morgan fingerprint density at radius 2 is 1.86 bits per heavy atom. The number of anilines is 1. The lowest BCUT2D eigenvalue weighted by molar-refractivity contribution is 0.100. The third-order valence-corrected chi connectivity index (χ3v) is 5.62. The molecule has 0 fully saturated rings. The van der Waals surface area contributed by atoms with Crippen molar-refractivity contribution >= 4 is 28.1 Å². The molecule has 5 aromatic rings. The van der Waals surface area contributed by atoms with Crippen LogP contribution in [-0.4, -0.2) is 32.1 Å². The third-order valence-electron chi connectivity index (χ3n) is 5.62. The van der Waals surface area contributed by atoms with Crippen molar-refractivity contribution in [1.82, 2.24) is 24.5 Å². The zero-order chi connectivity index (χ0) is 24.9. The van der Waals surface area contributed by atoms with Crippen molar-refractivity contribution in [3.63, 3.8) is 0 Å². The number of para-hydroxylation sites is 1. The van der Waals surface area contributed by atoms with Gasteiger partial charge in [-0.3, -0.25) is 14.2 Å². The molecule has 9 heteroatoms. The summed E-state index contributed by atoms with van der Waals surface area (Å²) in [5, 5.41) is 8.83. The molecule has 5 rings (SSSR count). The number of benzene rings is 2. The Morgan fingerprint density at radius 3 is 2.54 bits per heavy atom. The molecule has 1 amide bonds. The molecule has 35 heavy (non-hydrogen) atoms. The Kier molecular flexibility index (Phi) is 6.88. The van der Waals surface area contributed by atoms with E-state index in [4.69, 9.17) is 11.5 Å². The van der Waals surface area contributed by atoms with Crippen molar-refractivity contribution in [1.29, 1.82) is 0 Å². The summed E-state index contributed by atoms with van der Waals surface area (Å²) in [6.07, 6.45) is 4.00. The van der Waals surface area contributed by atoms with Crippen molar-refractivity contribution in [2.75, 3.05) is 12.8 Å². The lowest BCUT2D eigenvalue weighted by Gasteiger charge is -2.15. The minimum absolute atomic E-state index is 0.0615. The summed E-state index contributed by atoms with van der Waals surface area (Å²) in [6, 6.07) is 19.7. The van der Waals surface area contributed by atoms with Crippen molar-refractivity contribution in [2.45, 2.75) is 19.9 Å². The molecule has 3 aromatic heterocycles. The summed E-state index contributed by atoms with van der Waals surface area (Å²) in [6.45, 7) is 2.77. The van der Waals surface area contributed by atoms with Gasteiger partial charge in [0.1, 0.15) is 5.56 Å². The number of nitrogens with two attached hydrogens (primary N) is 2. The fourth-order valence-corrected chi connectivity index (χ4v) is 4.09. The number of hydrogen-bond acceptors (Lipinski definition) is 6. The standard InChI is InChI=1S/C19H20N2O.C7H7N5O/c1-3-16-12-14-8-7-9-15(13-20-2)18(14)19(22)21(16)17-10-5-4-6-11-17;8-5-4(6(9)13)7-10-2-1-3-12(7)11-5/h4-12,20H,3,13H2,1-2H3;1-3H,(H2,8,11)(H2,9,13). The number of carbonyl (C=O) groups excluding carboxylic acids is 1. The van der Waals surface area contributed by atoms with E-state index in [1.165, 1.54) is 4.52 Å². The average molecular weight is 470 g/mol. The number of nitrogens with one attached hydrogen (secondary N) is 1. The molecule has 0 radical (unpaired) electrons. The number of carbonyl (C=O) groups is 1. The van der Waals surface area contributed by atoms with E-state index in [2.05, 4.69) is 28.4 Å². The van der Waals surface area contributed by atoms with Gasteiger partial charge >= 0.3 is 0 Å². The van der Waals surface area contributed by atoms with Gasteiger partial charge in [-0.2, -0.15) is 0 Å². The first-order chi connectivity index (χ1) is 17.0. The molecule has 0 saturated carbocycles. The molecule has 9 nitrogen and oxygen atoms in total. The number of nitrogen functional groups attached to an aromatic ring is 1. The molecule has 0 bridgehead atoms. The maximum Gasteiger partial charge on any atom is 0.263 e. The van der Waals surface area contributed by atoms with Crippen molar-refractivity contribution < 1.29 is 4.79 Å². The highest BCUT2D eigenvalue weighted by atomic mass is 16.1. The van der Waals surface area contributed by atoms with Crippen LogP contribution < -0.4 is 22.3 Å². The van der Waals surface area contributed by atoms with Crippen LogP contribution in [0.5, 0.6) is 0 Å². The van der Waals surface area contributed by atoms with Gasteiger partial charge in [0.2, 0.25) is 0 Å². The summed E-state index contributed by atoms with van der Waals surface area (Å²) in [5.41, 5.74) is 14.2. The minimum Gasteiger partial charge on any atom is -0.381 e. The van der Waals surface area contributed by atoms with Crippen molar-refractivity contribution in [3.05, 3.63) is 100 Å². The third kappa shape index (κ3) is 4.62. The Labute approximate surface area is 202 Å². The Hall–Kier alpha value is -4.50. The van der Waals surface area contributed by atoms with Gasteiger partial charge in [-0.25, -0.2) is 9.50 Å². The highest BCUT2D eigenvalue weighted by Gasteiger charge is 2.15. The van der Waals surface area contributed by atoms with Crippen LogP contribution in [0.4, 0.5) is 5.82 Å². The second-order valence-electron chi connectivity index (χ2n) is 7.89. The number of aromatic nitrogens is 4.